The van der Waals surface area contributed by atoms with Gasteiger partial charge in [0.2, 0.25) is 5.91 Å². The van der Waals surface area contributed by atoms with E-state index in [0.29, 0.717) is 0 Å². The number of nitriles is 1. The SMILES string of the molecule is N#CCCNC(=O)CNc1c(F)cccc1F. The normalized spacial score (nSPS) is 9.47. The second kappa shape index (κ2) is 6.43. The Morgan fingerprint density at radius 2 is 2.00 bits per heavy atom. The van der Waals surface area contributed by atoms with Crippen molar-refractivity contribution >= 4 is 11.6 Å². The van der Waals surface area contributed by atoms with E-state index in [9.17, 15) is 13.6 Å². The molecule has 17 heavy (non-hydrogen) atoms. The molecular weight excluding hydrogens is 228 g/mol. The van der Waals surface area contributed by atoms with Crippen LogP contribution in [-0.4, -0.2) is 19.0 Å². The van der Waals surface area contributed by atoms with E-state index < -0.39 is 17.5 Å². The Morgan fingerprint density at radius 1 is 1.35 bits per heavy atom. The first-order valence-electron chi connectivity index (χ1n) is 4.96. The maximum Gasteiger partial charge on any atom is 0.239 e. The third-order valence-corrected chi connectivity index (χ3v) is 1.95. The molecule has 0 atom stereocenters. The summed E-state index contributed by atoms with van der Waals surface area (Å²) in [4.78, 5) is 11.2. The fourth-order valence-corrected chi connectivity index (χ4v) is 1.16. The number of para-hydroxylation sites is 1. The van der Waals surface area contributed by atoms with Crippen LogP contribution in [0.3, 0.4) is 0 Å². The lowest BCUT2D eigenvalue weighted by Gasteiger charge is -2.08. The van der Waals surface area contributed by atoms with E-state index in [1.54, 1.807) is 0 Å². The maximum atomic E-state index is 13.1. The molecule has 0 aliphatic carbocycles. The molecule has 2 N–H and O–H groups in total. The highest BCUT2D eigenvalue weighted by Crippen LogP contribution is 2.17. The van der Waals surface area contributed by atoms with Crippen LogP contribution in [0.4, 0.5) is 14.5 Å². The number of nitrogens with zero attached hydrogens (tertiary/aromatic N) is 1. The van der Waals surface area contributed by atoms with Gasteiger partial charge in [0.15, 0.2) is 0 Å². The summed E-state index contributed by atoms with van der Waals surface area (Å²) in [5.74, 6) is -1.94. The molecule has 0 saturated heterocycles. The van der Waals surface area contributed by atoms with E-state index in [1.165, 1.54) is 6.07 Å². The minimum Gasteiger partial charge on any atom is -0.371 e. The van der Waals surface area contributed by atoms with Crippen LogP contribution in [-0.2, 0) is 4.79 Å². The molecule has 1 aromatic rings. The Balaban J connectivity index is 2.45. The van der Waals surface area contributed by atoms with Gasteiger partial charge in [0, 0.05) is 6.54 Å². The summed E-state index contributed by atoms with van der Waals surface area (Å²) >= 11 is 0. The molecule has 0 aliphatic heterocycles. The summed E-state index contributed by atoms with van der Waals surface area (Å²) in [6, 6.07) is 5.29. The van der Waals surface area contributed by atoms with E-state index >= 15 is 0 Å². The largest absolute Gasteiger partial charge is 0.371 e. The van der Waals surface area contributed by atoms with Gasteiger partial charge in [-0.2, -0.15) is 5.26 Å². The topological polar surface area (TPSA) is 64.9 Å². The number of anilines is 1. The third kappa shape index (κ3) is 4.07. The highest BCUT2D eigenvalue weighted by Gasteiger charge is 2.09. The number of carbonyl (C=O) groups is 1. The Kier molecular flexibility index (Phi) is 4.88. The van der Waals surface area contributed by atoms with E-state index in [-0.39, 0.29) is 25.2 Å². The highest BCUT2D eigenvalue weighted by molar-refractivity contribution is 5.80. The van der Waals surface area contributed by atoms with E-state index in [4.69, 9.17) is 5.26 Å². The van der Waals surface area contributed by atoms with Gasteiger partial charge in [-0.3, -0.25) is 4.79 Å². The van der Waals surface area contributed by atoms with Gasteiger partial charge in [0.1, 0.15) is 17.3 Å². The van der Waals surface area contributed by atoms with Crippen molar-refractivity contribution in [3.8, 4) is 6.07 Å². The molecule has 0 radical (unpaired) electrons. The van der Waals surface area contributed by atoms with Crippen molar-refractivity contribution in [3.05, 3.63) is 29.8 Å². The maximum absolute atomic E-state index is 13.1. The van der Waals surface area contributed by atoms with Crippen LogP contribution in [0, 0.1) is 23.0 Å². The summed E-state index contributed by atoms with van der Waals surface area (Å²) in [5.41, 5.74) is -0.331. The van der Waals surface area contributed by atoms with Gasteiger partial charge >= 0.3 is 0 Å². The van der Waals surface area contributed by atoms with Crippen LogP contribution >= 0.6 is 0 Å². The Morgan fingerprint density at radius 3 is 2.59 bits per heavy atom. The Labute approximate surface area is 97.2 Å². The van der Waals surface area contributed by atoms with Crippen molar-refractivity contribution in [2.75, 3.05) is 18.4 Å². The average molecular weight is 239 g/mol. The first-order chi connectivity index (χ1) is 8.15. The van der Waals surface area contributed by atoms with E-state index in [0.717, 1.165) is 12.1 Å². The monoisotopic (exact) mass is 239 g/mol. The van der Waals surface area contributed by atoms with Crippen molar-refractivity contribution in [1.29, 1.82) is 5.26 Å². The predicted octanol–water partition coefficient (Wildman–Crippen LogP) is 1.41. The number of hydrogen-bond donors (Lipinski definition) is 2. The lowest BCUT2D eigenvalue weighted by Crippen LogP contribution is -2.30. The molecule has 1 aromatic carbocycles. The summed E-state index contributed by atoms with van der Waals surface area (Å²) < 4.78 is 26.3. The van der Waals surface area contributed by atoms with Crippen molar-refractivity contribution in [3.63, 3.8) is 0 Å². The zero-order valence-electron chi connectivity index (χ0n) is 8.96. The summed E-state index contributed by atoms with van der Waals surface area (Å²) in [7, 11) is 0. The number of rotatable bonds is 5. The smallest absolute Gasteiger partial charge is 0.239 e. The van der Waals surface area contributed by atoms with Crippen LogP contribution in [0.2, 0.25) is 0 Å². The van der Waals surface area contributed by atoms with Gasteiger partial charge in [0.05, 0.1) is 19.0 Å². The molecule has 0 unspecified atom stereocenters. The second-order valence-corrected chi connectivity index (χ2v) is 3.21. The number of benzene rings is 1. The minimum absolute atomic E-state index is 0.194. The molecule has 4 nitrogen and oxygen atoms in total. The average Bonchev–Trinajstić information content (AvgIpc) is 2.29. The first-order valence-corrected chi connectivity index (χ1v) is 4.96. The van der Waals surface area contributed by atoms with E-state index in [1.807, 2.05) is 6.07 Å². The summed E-state index contributed by atoms with van der Waals surface area (Å²) in [5, 5.41) is 13.0. The van der Waals surface area contributed by atoms with Crippen molar-refractivity contribution in [2.24, 2.45) is 0 Å². The van der Waals surface area contributed by atoms with Gasteiger partial charge in [-0.25, -0.2) is 8.78 Å². The lowest BCUT2D eigenvalue weighted by molar-refractivity contribution is -0.119. The van der Waals surface area contributed by atoms with Crippen LogP contribution in [0.1, 0.15) is 6.42 Å². The van der Waals surface area contributed by atoms with Gasteiger partial charge in [-0.1, -0.05) is 6.07 Å². The van der Waals surface area contributed by atoms with Crippen molar-refractivity contribution in [2.45, 2.75) is 6.42 Å². The molecule has 0 spiro atoms. The van der Waals surface area contributed by atoms with Crippen LogP contribution in [0.15, 0.2) is 18.2 Å². The van der Waals surface area contributed by atoms with Crippen LogP contribution < -0.4 is 10.6 Å². The van der Waals surface area contributed by atoms with E-state index in [2.05, 4.69) is 10.6 Å². The second-order valence-electron chi connectivity index (χ2n) is 3.21. The fourth-order valence-electron chi connectivity index (χ4n) is 1.16. The zero-order chi connectivity index (χ0) is 12.7. The quantitative estimate of drug-likeness (QED) is 0.763. The highest BCUT2D eigenvalue weighted by atomic mass is 19.1. The molecule has 0 saturated carbocycles. The number of nitrogens with one attached hydrogen (secondary N) is 2. The van der Waals surface area contributed by atoms with Gasteiger partial charge in [-0.05, 0) is 12.1 Å². The molecular formula is C11H11F2N3O. The van der Waals surface area contributed by atoms with Crippen LogP contribution in [0.25, 0.3) is 0 Å². The third-order valence-electron chi connectivity index (χ3n) is 1.95. The molecule has 0 aromatic heterocycles. The number of carbonyl (C=O) groups excluding carboxylic acids is 1. The summed E-state index contributed by atoms with van der Waals surface area (Å²) in [6.07, 6.45) is 0.194. The lowest BCUT2D eigenvalue weighted by atomic mass is 10.3. The molecule has 90 valence electrons. The molecule has 0 aliphatic rings. The predicted molar refractivity (Wildman–Crippen MR) is 58.1 cm³/mol. The number of hydrogen-bond acceptors (Lipinski definition) is 3. The van der Waals surface area contributed by atoms with Crippen LogP contribution in [0.5, 0.6) is 0 Å². The van der Waals surface area contributed by atoms with Gasteiger partial charge in [-0.15, -0.1) is 0 Å². The molecule has 0 heterocycles. The molecule has 6 heteroatoms. The standard InChI is InChI=1S/C11H11F2N3O/c12-8-3-1-4-9(13)11(8)16-7-10(17)15-6-2-5-14/h1,3-4,16H,2,6-7H2,(H,15,17). The zero-order valence-corrected chi connectivity index (χ0v) is 8.96. The minimum atomic E-state index is -0.755. The molecule has 1 rings (SSSR count). The summed E-state index contributed by atoms with van der Waals surface area (Å²) in [6.45, 7) is -0.0277. The molecule has 0 bridgehead atoms. The number of amides is 1. The molecule has 0 fully saturated rings. The first kappa shape index (κ1) is 12.9. The van der Waals surface area contributed by atoms with Crippen molar-refractivity contribution < 1.29 is 13.6 Å². The number of halogens is 2. The Bertz CT molecular complexity index is 423. The van der Waals surface area contributed by atoms with Gasteiger partial charge < -0.3 is 10.6 Å². The van der Waals surface area contributed by atoms with Crippen molar-refractivity contribution in [1.82, 2.24) is 5.32 Å². The van der Waals surface area contributed by atoms with Gasteiger partial charge in [0.25, 0.3) is 0 Å². The fraction of sp³-hybridized carbons (Fsp3) is 0.273. The Hall–Kier alpha value is -2.16. The molecule has 1 amide bonds.